The molecule has 0 fully saturated rings. The van der Waals surface area contributed by atoms with Gasteiger partial charge in [-0.1, -0.05) is 12.1 Å². The standard InChI is InChI=1S/C16H19N3O2/c1-10-4-5-11(2)14(8-10)21-9-16(20)19-13-6-7-15(17)18-12(13)3/h4-8H,9H2,1-3H3,(H2,17,18)(H,19,20). The number of hydrogen-bond donors (Lipinski definition) is 2. The molecule has 1 aromatic heterocycles. The van der Waals surface area contributed by atoms with Gasteiger partial charge in [0.05, 0.1) is 11.4 Å². The molecule has 5 heteroatoms. The molecule has 0 saturated carbocycles. The number of nitrogens with two attached hydrogens (primary N) is 1. The average Bonchev–Trinajstić information content (AvgIpc) is 2.43. The van der Waals surface area contributed by atoms with Gasteiger partial charge in [-0.2, -0.15) is 0 Å². The fraction of sp³-hybridized carbons (Fsp3) is 0.250. The highest BCUT2D eigenvalue weighted by molar-refractivity contribution is 5.92. The molecule has 0 saturated heterocycles. The highest BCUT2D eigenvalue weighted by Crippen LogP contribution is 2.19. The van der Waals surface area contributed by atoms with Crippen LogP contribution < -0.4 is 15.8 Å². The van der Waals surface area contributed by atoms with E-state index in [4.69, 9.17) is 10.5 Å². The topological polar surface area (TPSA) is 77.2 Å². The van der Waals surface area contributed by atoms with Crippen molar-refractivity contribution in [3.63, 3.8) is 0 Å². The highest BCUT2D eigenvalue weighted by Gasteiger charge is 2.08. The van der Waals surface area contributed by atoms with Gasteiger partial charge < -0.3 is 15.8 Å². The number of nitrogens with one attached hydrogen (secondary N) is 1. The molecule has 3 N–H and O–H groups in total. The molecule has 0 spiro atoms. The minimum absolute atomic E-state index is 0.0475. The van der Waals surface area contributed by atoms with Crippen molar-refractivity contribution >= 4 is 17.4 Å². The van der Waals surface area contributed by atoms with Gasteiger partial charge in [-0.3, -0.25) is 4.79 Å². The van der Waals surface area contributed by atoms with Crippen molar-refractivity contribution in [2.24, 2.45) is 0 Å². The maximum absolute atomic E-state index is 11.9. The van der Waals surface area contributed by atoms with Gasteiger partial charge in [0.1, 0.15) is 11.6 Å². The average molecular weight is 285 g/mol. The van der Waals surface area contributed by atoms with Crippen LogP contribution in [-0.2, 0) is 4.79 Å². The zero-order valence-corrected chi connectivity index (χ0v) is 12.4. The molecule has 0 radical (unpaired) electrons. The molecule has 1 heterocycles. The van der Waals surface area contributed by atoms with Crippen molar-refractivity contribution in [2.45, 2.75) is 20.8 Å². The first-order valence-electron chi connectivity index (χ1n) is 6.69. The van der Waals surface area contributed by atoms with E-state index in [-0.39, 0.29) is 12.5 Å². The molecule has 2 aromatic rings. The lowest BCUT2D eigenvalue weighted by atomic mass is 10.1. The van der Waals surface area contributed by atoms with Crippen LogP contribution in [0.1, 0.15) is 16.8 Å². The molecule has 0 atom stereocenters. The molecular formula is C16H19N3O2. The summed E-state index contributed by atoms with van der Waals surface area (Å²) in [5.41, 5.74) is 8.98. The maximum atomic E-state index is 11.9. The quantitative estimate of drug-likeness (QED) is 0.905. The van der Waals surface area contributed by atoms with Gasteiger partial charge >= 0.3 is 0 Å². The number of anilines is 2. The second-order valence-electron chi connectivity index (χ2n) is 4.97. The third kappa shape index (κ3) is 3.95. The Bertz CT molecular complexity index is 669. The van der Waals surface area contributed by atoms with Gasteiger partial charge in [0, 0.05) is 0 Å². The monoisotopic (exact) mass is 285 g/mol. The Morgan fingerprint density at radius 3 is 2.71 bits per heavy atom. The second-order valence-corrected chi connectivity index (χ2v) is 4.97. The lowest BCUT2D eigenvalue weighted by Crippen LogP contribution is -2.21. The van der Waals surface area contributed by atoms with Crippen LogP contribution in [-0.4, -0.2) is 17.5 Å². The van der Waals surface area contributed by atoms with Crippen molar-refractivity contribution < 1.29 is 9.53 Å². The summed E-state index contributed by atoms with van der Waals surface area (Å²) < 4.78 is 5.56. The third-order valence-electron chi connectivity index (χ3n) is 3.08. The summed E-state index contributed by atoms with van der Waals surface area (Å²) in [5.74, 6) is 0.917. The van der Waals surface area contributed by atoms with E-state index in [0.29, 0.717) is 17.2 Å². The number of benzene rings is 1. The van der Waals surface area contributed by atoms with E-state index >= 15 is 0 Å². The van der Waals surface area contributed by atoms with Gasteiger partial charge in [0.2, 0.25) is 0 Å². The van der Waals surface area contributed by atoms with Crippen LogP contribution in [0.2, 0.25) is 0 Å². The van der Waals surface area contributed by atoms with Crippen molar-refractivity contribution in [2.75, 3.05) is 17.7 Å². The first kappa shape index (κ1) is 14.8. The lowest BCUT2D eigenvalue weighted by Gasteiger charge is -2.11. The number of pyridine rings is 1. The summed E-state index contributed by atoms with van der Waals surface area (Å²) >= 11 is 0. The van der Waals surface area contributed by atoms with Crippen LogP contribution in [0.25, 0.3) is 0 Å². The number of nitrogens with zero attached hydrogens (tertiary/aromatic N) is 1. The second kappa shape index (κ2) is 6.26. The van der Waals surface area contributed by atoms with E-state index in [9.17, 15) is 4.79 Å². The summed E-state index contributed by atoms with van der Waals surface area (Å²) in [6, 6.07) is 9.27. The largest absolute Gasteiger partial charge is 0.483 e. The molecule has 0 aliphatic heterocycles. The van der Waals surface area contributed by atoms with E-state index in [1.54, 1.807) is 19.1 Å². The first-order valence-corrected chi connectivity index (χ1v) is 6.69. The zero-order chi connectivity index (χ0) is 15.4. The Morgan fingerprint density at radius 1 is 1.24 bits per heavy atom. The van der Waals surface area contributed by atoms with Gasteiger partial charge in [-0.25, -0.2) is 4.98 Å². The normalized spacial score (nSPS) is 10.2. The van der Waals surface area contributed by atoms with Gasteiger partial charge in [-0.05, 0) is 50.1 Å². The van der Waals surface area contributed by atoms with Crippen LogP contribution >= 0.6 is 0 Å². The smallest absolute Gasteiger partial charge is 0.262 e. The predicted octanol–water partition coefficient (Wildman–Crippen LogP) is 2.61. The molecule has 1 amide bonds. The molecule has 110 valence electrons. The SMILES string of the molecule is Cc1ccc(C)c(OCC(=O)Nc2ccc(N)nc2C)c1. The molecule has 5 nitrogen and oxygen atoms in total. The van der Waals surface area contributed by atoms with E-state index in [2.05, 4.69) is 10.3 Å². The van der Waals surface area contributed by atoms with Gasteiger partial charge in [0.25, 0.3) is 5.91 Å². The fourth-order valence-corrected chi connectivity index (χ4v) is 1.90. The molecule has 0 bridgehead atoms. The summed E-state index contributed by atoms with van der Waals surface area (Å²) in [5, 5.41) is 2.76. The molecule has 0 aliphatic rings. The summed E-state index contributed by atoms with van der Waals surface area (Å²) in [7, 11) is 0. The number of aromatic nitrogens is 1. The van der Waals surface area contributed by atoms with Crippen LogP contribution in [0.5, 0.6) is 5.75 Å². The molecule has 21 heavy (non-hydrogen) atoms. The molecular weight excluding hydrogens is 266 g/mol. The van der Waals surface area contributed by atoms with Crippen molar-refractivity contribution in [1.82, 2.24) is 4.98 Å². The Morgan fingerprint density at radius 2 is 2.00 bits per heavy atom. The number of aryl methyl sites for hydroxylation is 3. The van der Waals surface area contributed by atoms with E-state index in [1.807, 2.05) is 32.0 Å². The number of hydrogen-bond acceptors (Lipinski definition) is 4. The van der Waals surface area contributed by atoms with Crippen LogP contribution in [0.15, 0.2) is 30.3 Å². The zero-order valence-electron chi connectivity index (χ0n) is 12.4. The molecule has 0 unspecified atom stereocenters. The Balaban J connectivity index is 1.97. The predicted molar refractivity (Wildman–Crippen MR) is 83.4 cm³/mol. The minimum atomic E-state index is -0.231. The number of carbonyl (C=O) groups excluding carboxylic acids is 1. The number of carbonyl (C=O) groups is 1. The molecule has 2 rings (SSSR count). The summed E-state index contributed by atoms with van der Waals surface area (Å²) in [6.07, 6.45) is 0. The van der Waals surface area contributed by atoms with Crippen molar-refractivity contribution in [1.29, 1.82) is 0 Å². The van der Waals surface area contributed by atoms with Crippen LogP contribution in [0, 0.1) is 20.8 Å². The molecule has 1 aromatic carbocycles. The van der Waals surface area contributed by atoms with Gasteiger partial charge in [-0.15, -0.1) is 0 Å². The van der Waals surface area contributed by atoms with Gasteiger partial charge in [0.15, 0.2) is 6.61 Å². The number of rotatable bonds is 4. The van der Waals surface area contributed by atoms with Crippen molar-refractivity contribution in [3.05, 3.63) is 47.2 Å². The minimum Gasteiger partial charge on any atom is -0.483 e. The fourth-order valence-electron chi connectivity index (χ4n) is 1.90. The van der Waals surface area contributed by atoms with E-state index < -0.39 is 0 Å². The van der Waals surface area contributed by atoms with E-state index in [0.717, 1.165) is 16.9 Å². The van der Waals surface area contributed by atoms with Crippen LogP contribution in [0.3, 0.4) is 0 Å². The first-order chi connectivity index (χ1) is 9.95. The Kier molecular flexibility index (Phi) is 4.42. The number of amides is 1. The summed E-state index contributed by atoms with van der Waals surface area (Å²) in [6.45, 7) is 5.67. The lowest BCUT2D eigenvalue weighted by molar-refractivity contribution is -0.118. The van der Waals surface area contributed by atoms with Crippen molar-refractivity contribution in [3.8, 4) is 5.75 Å². The Hall–Kier alpha value is -2.56. The Labute approximate surface area is 124 Å². The molecule has 0 aliphatic carbocycles. The maximum Gasteiger partial charge on any atom is 0.262 e. The highest BCUT2D eigenvalue weighted by atomic mass is 16.5. The number of ether oxygens (including phenoxy) is 1. The third-order valence-corrected chi connectivity index (χ3v) is 3.08. The summed E-state index contributed by atoms with van der Waals surface area (Å²) in [4.78, 5) is 16.0. The number of nitrogen functional groups attached to an aromatic ring is 1. The van der Waals surface area contributed by atoms with Crippen LogP contribution in [0.4, 0.5) is 11.5 Å². The van der Waals surface area contributed by atoms with E-state index in [1.165, 1.54) is 0 Å².